The quantitative estimate of drug-likeness (QED) is 0.874. The largest absolute Gasteiger partial charge is 0.364 e. The van der Waals surface area contributed by atoms with Gasteiger partial charge in [0.2, 0.25) is 0 Å². The zero-order valence-corrected chi connectivity index (χ0v) is 10.3. The van der Waals surface area contributed by atoms with E-state index >= 15 is 0 Å². The van der Waals surface area contributed by atoms with Crippen LogP contribution in [0.25, 0.3) is 0 Å². The minimum atomic E-state index is 0.842. The third kappa shape index (κ3) is 2.30. The summed E-state index contributed by atoms with van der Waals surface area (Å²) in [7, 11) is 0. The molecule has 0 fully saturated rings. The van der Waals surface area contributed by atoms with Gasteiger partial charge in [0, 0.05) is 30.7 Å². The smallest absolute Gasteiger partial charge is 0.0948 e. The number of aromatic nitrogens is 2. The Balaban J connectivity index is 1.89. The maximum atomic E-state index is 4.12. The van der Waals surface area contributed by atoms with Crippen molar-refractivity contribution < 1.29 is 0 Å². The number of rotatable bonds is 2. The Kier molecular flexibility index (Phi) is 3.02. The molecule has 1 N–H and O–H groups in total. The molecule has 1 aromatic heterocycles. The number of nitrogens with one attached hydrogen (secondary N) is 1. The van der Waals surface area contributed by atoms with E-state index in [1.165, 1.54) is 22.8 Å². The second-order valence-electron chi connectivity index (χ2n) is 4.12. The van der Waals surface area contributed by atoms with Gasteiger partial charge in [-0.05, 0) is 23.2 Å². The lowest BCUT2D eigenvalue weighted by molar-refractivity contribution is 0.684. The summed E-state index contributed by atoms with van der Waals surface area (Å²) in [5.74, 6) is 0. The summed E-state index contributed by atoms with van der Waals surface area (Å²) in [5.41, 5.74) is 3.71. The van der Waals surface area contributed by atoms with Crippen molar-refractivity contribution in [1.82, 2.24) is 14.9 Å². The number of hydrogen-bond donors (Lipinski definition) is 1. The zero-order chi connectivity index (χ0) is 11.5. The normalized spacial score (nSPS) is 15.4. The summed E-state index contributed by atoms with van der Waals surface area (Å²) < 4.78 is 3.92. The maximum absolute atomic E-state index is 4.12. The van der Waals surface area contributed by atoms with Gasteiger partial charge in [0.15, 0.2) is 0 Å². The molecule has 17 heavy (non-hydrogen) atoms. The second-order valence-corrected chi connectivity index (χ2v) is 4.73. The van der Waals surface area contributed by atoms with Crippen molar-refractivity contribution in [3.8, 4) is 0 Å². The van der Waals surface area contributed by atoms with Gasteiger partial charge in [-0.15, -0.1) is 5.10 Å². The van der Waals surface area contributed by atoms with Crippen LogP contribution in [0.4, 0.5) is 5.69 Å². The lowest BCUT2D eigenvalue weighted by atomic mass is 10.1. The Morgan fingerprint density at radius 1 is 1.35 bits per heavy atom. The highest BCUT2D eigenvalue weighted by Gasteiger charge is 2.15. The molecule has 4 nitrogen and oxygen atoms in total. The fraction of sp³-hybridized carbons (Fsp3) is 0.333. The molecule has 0 bridgehead atoms. The van der Waals surface area contributed by atoms with Crippen LogP contribution in [0.3, 0.4) is 0 Å². The second kappa shape index (κ2) is 4.81. The summed E-state index contributed by atoms with van der Waals surface area (Å²) in [6.07, 6.45) is 0. The summed E-state index contributed by atoms with van der Waals surface area (Å²) in [6, 6.07) is 8.55. The molecule has 1 aromatic carbocycles. The molecule has 1 aliphatic rings. The van der Waals surface area contributed by atoms with Gasteiger partial charge in [0.05, 0.1) is 12.2 Å². The molecule has 3 rings (SSSR count). The Morgan fingerprint density at radius 3 is 3.18 bits per heavy atom. The van der Waals surface area contributed by atoms with Gasteiger partial charge in [0.25, 0.3) is 0 Å². The highest BCUT2D eigenvalue weighted by molar-refractivity contribution is 7.03. The van der Waals surface area contributed by atoms with Crippen LogP contribution in [0.15, 0.2) is 29.6 Å². The van der Waals surface area contributed by atoms with Crippen LogP contribution in [-0.2, 0) is 13.1 Å². The summed E-state index contributed by atoms with van der Waals surface area (Å²) in [5, 5.41) is 9.57. The lowest BCUT2D eigenvalue weighted by Crippen LogP contribution is -2.28. The topological polar surface area (TPSA) is 41.0 Å². The first kappa shape index (κ1) is 10.7. The zero-order valence-electron chi connectivity index (χ0n) is 9.47. The standard InChI is InChI=1S/C12H14N4S/c1-2-4-12-10(3-1)7-13-5-6-16(12)8-11-9-17-15-14-11/h1-4,9,13H,5-8H2. The molecule has 1 aliphatic heterocycles. The average Bonchev–Trinajstić information content (AvgIpc) is 2.78. The summed E-state index contributed by atoms with van der Waals surface area (Å²) in [6.45, 7) is 3.80. The first-order valence-corrected chi connectivity index (χ1v) is 6.56. The van der Waals surface area contributed by atoms with Crippen LogP contribution in [0.2, 0.25) is 0 Å². The van der Waals surface area contributed by atoms with Crippen LogP contribution in [0.5, 0.6) is 0 Å². The molecule has 2 aromatic rings. The first-order valence-electron chi connectivity index (χ1n) is 5.73. The lowest BCUT2D eigenvalue weighted by Gasteiger charge is -2.23. The Hall–Kier alpha value is -1.46. The molecular formula is C12H14N4S. The highest BCUT2D eigenvalue weighted by Crippen LogP contribution is 2.23. The summed E-state index contributed by atoms with van der Waals surface area (Å²) in [4.78, 5) is 2.37. The number of para-hydroxylation sites is 1. The van der Waals surface area contributed by atoms with Crippen molar-refractivity contribution >= 4 is 17.2 Å². The monoisotopic (exact) mass is 246 g/mol. The molecule has 88 valence electrons. The third-order valence-electron chi connectivity index (χ3n) is 2.96. The molecule has 0 radical (unpaired) electrons. The van der Waals surface area contributed by atoms with Crippen LogP contribution in [-0.4, -0.2) is 22.7 Å². The van der Waals surface area contributed by atoms with E-state index in [1.54, 1.807) is 0 Å². The van der Waals surface area contributed by atoms with Gasteiger partial charge in [-0.25, -0.2) is 0 Å². The van der Waals surface area contributed by atoms with E-state index in [4.69, 9.17) is 0 Å². The molecule has 0 saturated carbocycles. The van der Waals surface area contributed by atoms with Crippen molar-refractivity contribution in [2.45, 2.75) is 13.1 Å². The molecule has 5 heteroatoms. The molecule has 0 unspecified atom stereocenters. The van der Waals surface area contributed by atoms with E-state index in [1.807, 2.05) is 5.38 Å². The van der Waals surface area contributed by atoms with E-state index in [0.29, 0.717) is 0 Å². The Bertz CT molecular complexity index is 483. The fourth-order valence-electron chi connectivity index (χ4n) is 2.14. The van der Waals surface area contributed by atoms with Gasteiger partial charge >= 0.3 is 0 Å². The SMILES string of the molecule is c1ccc2c(c1)CNCCN2Cc1csnn1. The molecular weight excluding hydrogens is 232 g/mol. The summed E-state index contributed by atoms with van der Waals surface area (Å²) >= 11 is 1.41. The van der Waals surface area contributed by atoms with Gasteiger partial charge in [-0.2, -0.15) is 0 Å². The van der Waals surface area contributed by atoms with Crippen LogP contribution < -0.4 is 10.2 Å². The minimum absolute atomic E-state index is 0.842. The van der Waals surface area contributed by atoms with Crippen molar-refractivity contribution in [2.24, 2.45) is 0 Å². The van der Waals surface area contributed by atoms with Gasteiger partial charge in [0.1, 0.15) is 0 Å². The maximum Gasteiger partial charge on any atom is 0.0948 e. The fourth-order valence-corrected chi connectivity index (χ4v) is 2.58. The molecule has 0 saturated heterocycles. The van der Waals surface area contributed by atoms with Gasteiger partial charge in [-0.3, -0.25) is 0 Å². The van der Waals surface area contributed by atoms with Crippen LogP contribution >= 0.6 is 11.5 Å². The minimum Gasteiger partial charge on any atom is -0.364 e. The van der Waals surface area contributed by atoms with Crippen molar-refractivity contribution in [3.63, 3.8) is 0 Å². The van der Waals surface area contributed by atoms with Crippen molar-refractivity contribution in [3.05, 3.63) is 40.9 Å². The van der Waals surface area contributed by atoms with Gasteiger partial charge in [-0.1, -0.05) is 22.7 Å². The predicted molar refractivity (Wildman–Crippen MR) is 69.1 cm³/mol. The highest BCUT2D eigenvalue weighted by atomic mass is 32.1. The number of benzene rings is 1. The van der Waals surface area contributed by atoms with Gasteiger partial charge < -0.3 is 10.2 Å². The molecule has 0 atom stereocenters. The van der Waals surface area contributed by atoms with Crippen molar-refractivity contribution in [1.29, 1.82) is 0 Å². The number of fused-ring (bicyclic) bond motifs is 1. The number of nitrogens with zero attached hydrogens (tertiary/aromatic N) is 3. The van der Waals surface area contributed by atoms with E-state index in [-0.39, 0.29) is 0 Å². The Labute approximate surface area is 104 Å². The molecule has 0 amide bonds. The molecule has 0 spiro atoms. The predicted octanol–water partition coefficient (Wildman–Crippen LogP) is 1.65. The van der Waals surface area contributed by atoms with E-state index in [2.05, 4.69) is 44.1 Å². The van der Waals surface area contributed by atoms with E-state index in [9.17, 15) is 0 Å². The third-order valence-corrected chi connectivity index (χ3v) is 3.52. The van der Waals surface area contributed by atoms with Crippen LogP contribution in [0, 0.1) is 0 Å². The van der Waals surface area contributed by atoms with Crippen molar-refractivity contribution in [2.75, 3.05) is 18.0 Å². The van der Waals surface area contributed by atoms with E-state index in [0.717, 1.165) is 31.9 Å². The average molecular weight is 246 g/mol. The Morgan fingerprint density at radius 2 is 2.29 bits per heavy atom. The number of anilines is 1. The molecule has 2 heterocycles. The van der Waals surface area contributed by atoms with E-state index < -0.39 is 0 Å². The molecule has 0 aliphatic carbocycles. The number of hydrogen-bond acceptors (Lipinski definition) is 5. The van der Waals surface area contributed by atoms with Crippen LogP contribution in [0.1, 0.15) is 11.3 Å². The first-order chi connectivity index (χ1) is 8.43.